The number of hydrogen-bond donors (Lipinski definition) is 1. The average molecular weight is 457 g/mol. The molecule has 0 radical (unpaired) electrons. The zero-order chi connectivity index (χ0) is 23.1. The molecule has 172 valence electrons. The van der Waals surface area contributed by atoms with Gasteiger partial charge in [0, 0.05) is 17.6 Å². The van der Waals surface area contributed by atoms with Crippen LogP contribution in [0.15, 0.2) is 42.5 Å². The SMILES string of the molecule is CC[C@H](C(=O)NC1CCCC1)N(Cc1ccccc1Cl)C(=O)COc1cc(C)cc(C)c1. The molecular weight excluding hydrogens is 424 g/mol. The number of ether oxygens (including phenoxy) is 1. The Labute approximate surface area is 196 Å². The van der Waals surface area contributed by atoms with Gasteiger partial charge in [-0.25, -0.2) is 0 Å². The number of halogens is 1. The van der Waals surface area contributed by atoms with Gasteiger partial charge in [0.2, 0.25) is 5.91 Å². The van der Waals surface area contributed by atoms with Crippen LogP contribution in [-0.4, -0.2) is 35.4 Å². The number of rotatable bonds is 9. The van der Waals surface area contributed by atoms with Gasteiger partial charge in [0.25, 0.3) is 5.91 Å². The summed E-state index contributed by atoms with van der Waals surface area (Å²) in [5.41, 5.74) is 2.95. The van der Waals surface area contributed by atoms with Crippen LogP contribution < -0.4 is 10.1 Å². The number of amides is 2. The van der Waals surface area contributed by atoms with Gasteiger partial charge in [-0.2, -0.15) is 0 Å². The topological polar surface area (TPSA) is 58.6 Å². The van der Waals surface area contributed by atoms with E-state index in [-0.39, 0.29) is 31.0 Å². The lowest BCUT2D eigenvalue weighted by atomic mass is 10.1. The molecule has 1 aliphatic carbocycles. The van der Waals surface area contributed by atoms with Crippen LogP contribution in [0.25, 0.3) is 0 Å². The average Bonchev–Trinajstić information content (AvgIpc) is 3.25. The molecule has 32 heavy (non-hydrogen) atoms. The van der Waals surface area contributed by atoms with Gasteiger partial charge in [-0.05, 0) is 68.0 Å². The number of aryl methyl sites for hydroxylation is 2. The minimum absolute atomic E-state index is 0.105. The molecule has 2 aromatic carbocycles. The van der Waals surface area contributed by atoms with E-state index < -0.39 is 6.04 Å². The number of hydrogen-bond acceptors (Lipinski definition) is 3. The van der Waals surface area contributed by atoms with Crippen molar-refractivity contribution in [1.29, 1.82) is 0 Å². The zero-order valence-electron chi connectivity index (χ0n) is 19.2. The number of carbonyl (C=O) groups excluding carboxylic acids is 2. The fourth-order valence-electron chi connectivity index (χ4n) is 4.34. The molecule has 0 aromatic heterocycles. The maximum absolute atomic E-state index is 13.3. The van der Waals surface area contributed by atoms with Gasteiger partial charge in [-0.3, -0.25) is 9.59 Å². The highest BCUT2D eigenvalue weighted by Crippen LogP contribution is 2.22. The van der Waals surface area contributed by atoms with Crippen LogP contribution in [0.3, 0.4) is 0 Å². The molecule has 0 aliphatic heterocycles. The van der Waals surface area contributed by atoms with Crippen molar-refractivity contribution < 1.29 is 14.3 Å². The maximum Gasteiger partial charge on any atom is 0.261 e. The summed E-state index contributed by atoms with van der Waals surface area (Å²) in [6.07, 6.45) is 4.77. The van der Waals surface area contributed by atoms with Gasteiger partial charge in [0.05, 0.1) is 0 Å². The standard InChI is InChI=1S/C26H33ClN2O3/c1-4-24(26(31)28-21-10-6-7-11-21)29(16-20-9-5-8-12-23(20)27)25(30)17-32-22-14-18(2)13-19(3)15-22/h5,8-9,12-15,21,24H,4,6-7,10-11,16-17H2,1-3H3,(H,28,31)/t24-/m1/s1. The Hall–Kier alpha value is -2.53. The minimum Gasteiger partial charge on any atom is -0.484 e. The highest BCUT2D eigenvalue weighted by Gasteiger charge is 2.31. The van der Waals surface area contributed by atoms with Crippen LogP contribution in [0.5, 0.6) is 5.75 Å². The molecule has 1 N–H and O–H groups in total. The highest BCUT2D eigenvalue weighted by atomic mass is 35.5. The quantitative estimate of drug-likeness (QED) is 0.564. The van der Waals surface area contributed by atoms with Crippen LogP contribution >= 0.6 is 11.6 Å². The van der Waals surface area contributed by atoms with E-state index in [4.69, 9.17) is 16.3 Å². The third-order valence-electron chi connectivity index (χ3n) is 5.94. The van der Waals surface area contributed by atoms with E-state index in [0.717, 1.165) is 42.4 Å². The normalized spacial score (nSPS) is 14.8. The van der Waals surface area contributed by atoms with Crippen molar-refractivity contribution in [1.82, 2.24) is 10.2 Å². The first-order chi connectivity index (χ1) is 15.4. The maximum atomic E-state index is 13.3. The fraction of sp³-hybridized carbons (Fsp3) is 0.462. The van der Waals surface area contributed by atoms with Gasteiger partial charge in [0.1, 0.15) is 11.8 Å². The molecule has 1 fully saturated rings. The first kappa shape index (κ1) is 24.1. The van der Waals surface area contributed by atoms with Crippen molar-refractivity contribution in [3.05, 3.63) is 64.2 Å². The van der Waals surface area contributed by atoms with E-state index in [2.05, 4.69) is 11.4 Å². The molecule has 0 spiro atoms. The van der Waals surface area contributed by atoms with Gasteiger partial charge in [-0.1, -0.05) is 55.6 Å². The molecule has 1 aliphatic rings. The molecule has 2 amide bonds. The van der Waals surface area contributed by atoms with E-state index in [9.17, 15) is 9.59 Å². The molecule has 0 saturated heterocycles. The fourth-order valence-corrected chi connectivity index (χ4v) is 4.54. The molecule has 6 heteroatoms. The van der Waals surface area contributed by atoms with Crippen LogP contribution in [-0.2, 0) is 16.1 Å². The molecule has 5 nitrogen and oxygen atoms in total. The first-order valence-corrected chi connectivity index (χ1v) is 11.8. The van der Waals surface area contributed by atoms with Gasteiger partial charge in [-0.15, -0.1) is 0 Å². The molecule has 0 bridgehead atoms. The summed E-state index contributed by atoms with van der Waals surface area (Å²) >= 11 is 6.38. The van der Waals surface area contributed by atoms with Crippen LogP contribution in [0.1, 0.15) is 55.7 Å². The zero-order valence-corrected chi connectivity index (χ0v) is 20.0. The Balaban J connectivity index is 1.78. The summed E-state index contributed by atoms with van der Waals surface area (Å²) in [6.45, 7) is 6.03. The minimum atomic E-state index is -0.581. The predicted molar refractivity (Wildman–Crippen MR) is 128 cm³/mol. The second-order valence-electron chi connectivity index (χ2n) is 8.64. The van der Waals surface area contributed by atoms with Crippen LogP contribution in [0.2, 0.25) is 5.02 Å². The predicted octanol–water partition coefficient (Wildman–Crippen LogP) is 5.20. The largest absolute Gasteiger partial charge is 0.484 e. The summed E-state index contributed by atoms with van der Waals surface area (Å²) in [5.74, 6) is 0.306. The first-order valence-electron chi connectivity index (χ1n) is 11.4. The van der Waals surface area contributed by atoms with E-state index in [0.29, 0.717) is 17.2 Å². The van der Waals surface area contributed by atoms with Crippen molar-refractivity contribution in [2.75, 3.05) is 6.61 Å². The Bertz CT molecular complexity index is 920. The Morgan fingerprint density at radius 1 is 1.12 bits per heavy atom. The lowest BCUT2D eigenvalue weighted by Crippen LogP contribution is -2.52. The number of carbonyl (C=O) groups is 2. The monoisotopic (exact) mass is 456 g/mol. The Morgan fingerprint density at radius 2 is 1.78 bits per heavy atom. The molecule has 1 atom stereocenters. The van der Waals surface area contributed by atoms with E-state index >= 15 is 0 Å². The second-order valence-corrected chi connectivity index (χ2v) is 9.05. The van der Waals surface area contributed by atoms with Crippen molar-refractivity contribution >= 4 is 23.4 Å². The second kappa shape index (κ2) is 11.4. The van der Waals surface area contributed by atoms with Gasteiger partial charge in [0.15, 0.2) is 6.61 Å². The lowest BCUT2D eigenvalue weighted by molar-refractivity contribution is -0.143. The summed E-state index contributed by atoms with van der Waals surface area (Å²) in [6, 6.07) is 12.9. The summed E-state index contributed by atoms with van der Waals surface area (Å²) < 4.78 is 5.83. The molecule has 3 rings (SSSR count). The smallest absolute Gasteiger partial charge is 0.261 e. The highest BCUT2D eigenvalue weighted by molar-refractivity contribution is 6.31. The lowest BCUT2D eigenvalue weighted by Gasteiger charge is -2.31. The van der Waals surface area contributed by atoms with Crippen molar-refractivity contribution in [3.63, 3.8) is 0 Å². The number of nitrogens with one attached hydrogen (secondary N) is 1. The third-order valence-corrected chi connectivity index (χ3v) is 6.31. The van der Waals surface area contributed by atoms with Crippen molar-refractivity contribution in [3.8, 4) is 5.75 Å². The Kier molecular flexibility index (Phi) is 8.57. The molecule has 1 saturated carbocycles. The molecular formula is C26H33ClN2O3. The molecule has 0 unspecified atom stereocenters. The van der Waals surface area contributed by atoms with E-state index in [1.807, 2.05) is 51.1 Å². The third kappa shape index (κ3) is 6.49. The van der Waals surface area contributed by atoms with Crippen LogP contribution in [0.4, 0.5) is 0 Å². The Morgan fingerprint density at radius 3 is 2.41 bits per heavy atom. The number of nitrogens with zero attached hydrogens (tertiary/aromatic N) is 1. The van der Waals surface area contributed by atoms with Crippen molar-refractivity contribution in [2.24, 2.45) is 0 Å². The summed E-state index contributed by atoms with van der Waals surface area (Å²) in [4.78, 5) is 28.1. The summed E-state index contributed by atoms with van der Waals surface area (Å²) in [7, 11) is 0. The van der Waals surface area contributed by atoms with Crippen molar-refractivity contribution in [2.45, 2.75) is 71.5 Å². The van der Waals surface area contributed by atoms with E-state index in [1.54, 1.807) is 11.0 Å². The summed E-state index contributed by atoms with van der Waals surface area (Å²) in [5, 5.41) is 3.72. The molecule has 2 aromatic rings. The van der Waals surface area contributed by atoms with Gasteiger partial charge < -0.3 is 15.0 Å². The van der Waals surface area contributed by atoms with Gasteiger partial charge >= 0.3 is 0 Å². The number of benzene rings is 2. The molecule has 0 heterocycles. The van der Waals surface area contributed by atoms with Crippen LogP contribution in [0, 0.1) is 13.8 Å². The van der Waals surface area contributed by atoms with E-state index in [1.165, 1.54) is 0 Å².